The fraction of sp³-hybridized carbons (Fsp3) is 0.333. The third-order valence-corrected chi connectivity index (χ3v) is 5.35. The SMILES string of the molecule is O=c1[nH]c(CN2CCN(Cc3ccccc3)CC2)nc2ccsc12. The van der Waals surface area contributed by atoms with Gasteiger partial charge in [-0.1, -0.05) is 30.3 Å². The number of aromatic nitrogens is 2. The second-order valence-electron chi connectivity index (χ2n) is 6.19. The molecular formula is C18H20N4OS. The number of rotatable bonds is 4. The van der Waals surface area contributed by atoms with Crippen molar-refractivity contribution >= 4 is 21.6 Å². The normalized spacial score (nSPS) is 16.7. The van der Waals surface area contributed by atoms with Crippen LogP contribution in [0.2, 0.25) is 0 Å². The molecule has 0 unspecified atom stereocenters. The molecule has 0 spiro atoms. The highest BCUT2D eigenvalue weighted by molar-refractivity contribution is 7.17. The van der Waals surface area contributed by atoms with Crippen LogP contribution in [0.1, 0.15) is 11.4 Å². The minimum atomic E-state index is -0.0206. The second kappa shape index (κ2) is 6.84. The van der Waals surface area contributed by atoms with Gasteiger partial charge < -0.3 is 4.98 Å². The molecule has 3 heterocycles. The summed E-state index contributed by atoms with van der Waals surface area (Å²) in [5.74, 6) is 0.766. The maximum absolute atomic E-state index is 12.0. The molecule has 1 fully saturated rings. The molecule has 0 atom stereocenters. The Bertz CT molecular complexity index is 865. The summed E-state index contributed by atoms with van der Waals surface area (Å²) < 4.78 is 0.714. The van der Waals surface area contributed by atoms with Gasteiger partial charge in [0.2, 0.25) is 0 Å². The molecule has 1 aliphatic heterocycles. The summed E-state index contributed by atoms with van der Waals surface area (Å²) in [6.07, 6.45) is 0. The molecule has 1 aromatic carbocycles. The molecule has 0 bridgehead atoms. The van der Waals surface area contributed by atoms with Crippen LogP contribution in [0.5, 0.6) is 0 Å². The lowest BCUT2D eigenvalue weighted by Crippen LogP contribution is -2.45. The van der Waals surface area contributed by atoms with Crippen LogP contribution < -0.4 is 5.56 Å². The Kier molecular flexibility index (Phi) is 4.42. The van der Waals surface area contributed by atoms with Crippen LogP contribution in [-0.4, -0.2) is 45.9 Å². The highest BCUT2D eigenvalue weighted by Crippen LogP contribution is 2.15. The summed E-state index contributed by atoms with van der Waals surface area (Å²) in [6, 6.07) is 12.5. The van der Waals surface area contributed by atoms with Gasteiger partial charge in [-0.3, -0.25) is 14.6 Å². The first-order valence-electron chi connectivity index (χ1n) is 8.23. The third kappa shape index (κ3) is 3.40. The van der Waals surface area contributed by atoms with Crippen LogP contribution in [0.15, 0.2) is 46.6 Å². The number of thiophene rings is 1. The average molecular weight is 340 g/mol. The van der Waals surface area contributed by atoms with Gasteiger partial charge in [0.25, 0.3) is 5.56 Å². The minimum Gasteiger partial charge on any atom is -0.308 e. The van der Waals surface area contributed by atoms with Crippen LogP contribution in [0.25, 0.3) is 10.2 Å². The molecule has 5 nitrogen and oxygen atoms in total. The number of piperazine rings is 1. The zero-order valence-electron chi connectivity index (χ0n) is 13.4. The first-order valence-corrected chi connectivity index (χ1v) is 9.11. The van der Waals surface area contributed by atoms with Gasteiger partial charge in [0, 0.05) is 32.7 Å². The fourth-order valence-electron chi connectivity index (χ4n) is 3.16. The van der Waals surface area contributed by atoms with E-state index in [-0.39, 0.29) is 5.56 Å². The van der Waals surface area contributed by atoms with Crippen molar-refractivity contribution in [1.29, 1.82) is 0 Å². The monoisotopic (exact) mass is 340 g/mol. The largest absolute Gasteiger partial charge is 0.308 e. The minimum absolute atomic E-state index is 0.0206. The highest BCUT2D eigenvalue weighted by atomic mass is 32.1. The molecule has 1 aliphatic rings. The van der Waals surface area contributed by atoms with Gasteiger partial charge in [-0.15, -0.1) is 11.3 Å². The molecule has 0 saturated carbocycles. The molecule has 24 heavy (non-hydrogen) atoms. The maximum atomic E-state index is 12.0. The molecule has 2 aromatic heterocycles. The van der Waals surface area contributed by atoms with Gasteiger partial charge in [0.1, 0.15) is 10.5 Å². The Morgan fingerprint density at radius 2 is 1.71 bits per heavy atom. The molecule has 1 N–H and O–H groups in total. The van der Waals surface area contributed by atoms with E-state index in [4.69, 9.17) is 0 Å². The van der Waals surface area contributed by atoms with Crippen molar-refractivity contribution in [1.82, 2.24) is 19.8 Å². The molecule has 3 aromatic rings. The summed E-state index contributed by atoms with van der Waals surface area (Å²) in [5, 5.41) is 1.92. The van der Waals surface area contributed by atoms with E-state index in [1.54, 1.807) is 0 Å². The smallest absolute Gasteiger partial charge is 0.268 e. The number of hydrogen-bond acceptors (Lipinski definition) is 5. The number of hydrogen-bond donors (Lipinski definition) is 1. The zero-order valence-corrected chi connectivity index (χ0v) is 14.3. The van der Waals surface area contributed by atoms with E-state index >= 15 is 0 Å². The molecule has 1 saturated heterocycles. The number of nitrogens with zero attached hydrogens (tertiary/aromatic N) is 3. The highest BCUT2D eigenvalue weighted by Gasteiger charge is 2.18. The van der Waals surface area contributed by atoms with Crippen molar-refractivity contribution in [2.75, 3.05) is 26.2 Å². The van der Waals surface area contributed by atoms with Crippen LogP contribution in [0, 0.1) is 0 Å². The van der Waals surface area contributed by atoms with Crippen molar-refractivity contribution in [3.63, 3.8) is 0 Å². The number of nitrogens with one attached hydrogen (secondary N) is 1. The van der Waals surface area contributed by atoms with E-state index in [2.05, 4.69) is 50.1 Å². The van der Waals surface area contributed by atoms with Crippen LogP contribution in [0.4, 0.5) is 0 Å². The van der Waals surface area contributed by atoms with E-state index in [0.29, 0.717) is 11.2 Å². The van der Waals surface area contributed by atoms with Gasteiger partial charge in [-0.2, -0.15) is 0 Å². The van der Waals surface area contributed by atoms with Crippen molar-refractivity contribution in [3.8, 4) is 0 Å². The summed E-state index contributed by atoms with van der Waals surface area (Å²) in [4.78, 5) is 24.4. The van der Waals surface area contributed by atoms with Gasteiger partial charge in [0.15, 0.2) is 0 Å². The van der Waals surface area contributed by atoms with E-state index < -0.39 is 0 Å². The Hall–Kier alpha value is -2.02. The predicted octanol–water partition coefficient (Wildman–Crippen LogP) is 2.30. The quantitative estimate of drug-likeness (QED) is 0.792. The molecular weight excluding hydrogens is 320 g/mol. The van der Waals surface area contributed by atoms with E-state index in [9.17, 15) is 4.79 Å². The number of H-pyrrole nitrogens is 1. The molecule has 4 rings (SSSR count). The van der Waals surface area contributed by atoms with Crippen LogP contribution >= 0.6 is 11.3 Å². The first kappa shape index (κ1) is 15.5. The molecule has 124 valence electrons. The predicted molar refractivity (Wildman–Crippen MR) is 97.2 cm³/mol. The van der Waals surface area contributed by atoms with Crippen molar-refractivity contribution < 1.29 is 0 Å². The fourth-order valence-corrected chi connectivity index (χ4v) is 3.88. The lowest BCUT2D eigenvalue weighted by atomic mass is 10.2. The lowest BCUT2D eigenvalue weighted by Gasteiger charge is -2.34. The summed E-state index contributed by atoms with van der Waals surface area (Å²) in [7, 11) is 0. The molecule has 0 aliphatic carbocycles. The maximum Gasteiger partial charge on any atom is 0.268 e. The summed E-state index contributed by atoms with van der Waals surface area (Å²) >= 11 is 1.44. The average Bonchev–Trinajstić information content (AvgIpc) is 3.07. The van der Waals surface area contributed by atoms with E-state index in [1.807, 2.05) is 11.4 Å². The number of fused-ring (bicyclic) bond motifs is 1. The van der Waals surface area contributed by atoms with Crippen LogP contribution in [0.3, 0.4) is 0 Å². The summed E-state index contributed by atoms with van der Waals surface area (Å²) in [6.45, 7) is 5.79. The topological polar surface area (TPSA) is 52.2 Å². The first-order chi connectivity index (χ1) is 11.8. The van der Waals surface area contributed by atoms with Gasteiger partial charge in [0.05, 0.1) is 12.1 Å². The number of benzene rings is 1. The molecule has 0 radical (unpaired) electrons. The molecule has 0 amide bonds. The Labute approximate surface area is 144 Å². The Balaban J connectivity index is 1.36. The van der Waals surface area contributed by atoms with E-state index in [1.165, 1.54) is 16.9 Å². The second-order valence-corrected chi connectivity index (χ2v) is 7.10. The Morgan fingerprint density at radius 1 is 1.00 bits per heavy atom. The van der Waals surface area contributed by atoms with Gasteiger partial charge >= 0.3 is 0 Å². The van der Waals surface area contributed by atoms with E-state index in [0.717, 1.165) is 44.1 Å². The number of aromatic amines is 1. The van der Waals surface area contributed by atoms with Crippen molar-refractivity contribution in [2.24, 2.45) is 0 Å². The van der Waals surface area contributed by atoms with Crippen molar-refractivity contribution in [3.05, 3.63) is 63.5 Å². The van der Waals surface area contributed by atoms with Gasteiger partial charge in [-0.25, -0.2) is 4.98 Å². The van der Waals surface area contributed by atoms with Crippen LogP contribution in [-0.2, 0) is 13.1 Å². The van der Waals surface area contributed by atoms with Crippen molar-refractivity contribution in [2.45, 2.75) is 13.1 Å². The molecule has 6 heteroatoms. The Morgan fingerprint density at radius 3 is 2.46 bits per heavy atom. The third-order valence-electron chi connectivity index (χ3n) is 4.45. The summed E-state index contributed by atoms with van der Waals surface area (Å²) in [5.41, 5.74) is 2.15. The lowest BCUT2D eigenvalue weighted by molar-refractivity contribution is 0.120. The standard InChI is InChI=1S/C18H20N4OS/c23-18-17-15(6-11-24-17)19-16(20-18)13-22-9-7-21(8-10-22)12-14-4-2-1-3-5-14/h1-6,11H,7-10,12-13H2,(H,19,20,23). The van der Waals surface area contributed by atoms with Gasteiger partial charge in [-0.05, 0) is 17.0 Å². The zero-order chi connectivity index (χ0) is 16.4.